The summed E-state index contributed by atoms with van der Waals surface area (Å²) in [4.78, 5) is 17.3. The topological polar surface area (TPSA) is 82.2 Å². The molecular weight excluding hydrogens is 440 g/mol. The van der Waals surface area contributed by atoms with Gasteiger partial charge in [-0.1, -0.05) is 41.0 Å². The molecule has 0 aliphatic rings. The van der Waals surface area contributed by atoms with Gasteiger partial charge in [-0.15, -0.1) is 0 Å². The van der Waals surface area contributed by atoms with Crippen molar-refractivity contribution in [3.05, 3.63) is 99.9 Å². The van der Waals surface area contributed by atoms with Crippen LogP contribution < -0.4 is 10.1 Å². The van der Waals surface area contributed by atoms with E-state index in [2.05, 4.69) is 15.5 Å². The van der Waals surface area contributed by atoms with Gasteiger partial charge in [-0.05, 0) is 49.2 Å². The highest BCUT2D eigenvalue weighted by atomic mass is 35.5. The molecule has 0 spiro atoms. The molecule has 2 aromatic heterocycles. The number of rotatable bonds is 8. The van der Waals surface area contributed by atoms with E-state index in [0.717, 1.165) is 34.0 Å². The number of nitrogens with zero attached hydrogens (tertiary/aromatic N) is 3. The van der Waals surface area contributed by atoms with Gasteiger partial charge in [0.15, 0.2) is 0 Å². The molecule has 0 saturated heterocycles. The van der Waals surface area contributed by atoms with Gasteiger partial charge in [-0.2, -0.15) is 0 Å². The molecule has 7 nitrogen and oxygen atoms in total. The molecule has 0 fully saturated rings. The van der Waals surface area contributed by atoms with Crippen molar-refractivity contribution < 1.29 is 14.1 Å². The molecule has 1 N–H and O–H groups in total. The largest absolute Gasteiger partial charge is 0.489 e. The van der Waals surface area contributed by atoms with Crippen LogP contribution in [0.4, 0.5) is 0 Å². The molecule has 0 unspecified atom stereocenters. The lowest BCUT2D eigenvalue weighted by Gasteiger charge is -2.19. The number of nitrogens with one attached hydrogen (secondary N) is 1. The van der Waals surface area contributed by atoms with Crippen LogP contribution in [0.25, 0.3) is 0 Å². The van der Waals surface area contributed by atoms with E-state index in [0.29, 0.717) is 17.4 Å². The molecule has 2 heterocycles. The first-order chi connectivity index (χ1) is 15.9. The van der Waals surface area contributed by atoms with Gasteiger partial charge < -0.3 is 19.1 Å². The Bertz CT molecular complexity index is 1210. The molecule has 2 aromatic carbocycles. The van der Waals surface area contributed by atoms with E-state index >= 15 is 0 Å². The fourth-order valence-electron chi connectivity index (χ4n) is 3.57. The summed E-state index contributed by atoms with van der Waals surface area (Å²) in [6, 6.07) is 14.5. The highest BCUT2D eigenvalue weighted by molar-refractivity contribution is 6.30. The fraction of sp³-hybridized carbons (Fsp3) is 0.240. The number of carbonyl (C=O) groups is 1. The average molecular weight is 465 g/mol. The number of carbonyl (C=O) groups excluding carboxylic acids is 1. The summed E-state index contributed by atoms with van der Waals surface area (Å²) in [5.74, 6) is 2.10. The van der Waals surface area contributed by atoms with Crippen LogP contribution in [0, 0.1) is 13.8 Å². The van der Waals surface area contributed by atoms with Crippen molar-refractivity contribution in [2.75, 3.05) is 0 Å². The predicted molar refractivity (Wildman–Crippen MR) is 125 cm³/mol. The van der Waals surface area contributed by atoms with Crippen molar-refractivity contribution in [1.82, 2.24) is 20.0 Å². The number of hydrogen-bond acceptors (Lipinski definition) is 5. The van der Waals surface area contributed by atoms with Crippen LogP contribution in [0.3, 0.4) is 0 Å². The van der Waals surface area contributed by atoms with Crippen molar-refractivity contribution in [2.45, 2.75) is 32.9 Å². The van der Waals surface area contributed by atoms with E-state index in [1.165, 1.54) is 0 Å². The summed E-state index contributed by atoms with van der Waals surface area (Å²) in [6.07, 6.45) is 3.80. The third kappa shape index (κ3) is 5.43. The van der Waals surface area contributed by atoms with E-state index in [-0.39, 0.29) is 18.4 Å². The van der Waals surface area contributed by atoms with Crippen LogP contribution in [-0.4, -0.2) is 20.6 Å². The predicted octanol–water partition coefficient (Wildman–Crippen LogP) is 4.71. The van der Waals surface area contributed by atoms with E-state index in [1.807, 2.05) is 68.1 Å². The number of ether oxygens (including phenoxy) is 1. The number of hydrogen-bond donors (Lipinski definition) is 1. The van der Waals surface area contributed by atoms with Crippen LogP contribution in [-0.2, 0) is 24.9 Å². The molecule has 33 heavy (non-hydrogen) atoms. The van der Waals surface area contributed by atoms with Crippen molar-refractivity contribution >= 4 is 17.5 Å². The van der Waals surface area contributed by atoms with Crippen molar-refractivity contribution in [2.24, 2.45) is 7.05 Å². The van der Waals surface area contributed by atoms with Gasteiger partial charge in [-0.3, -0.25) is 4.79 Å². The second kappa shape index (κ2) is 9.92. The minimum absolute atomic E-state index is 0.109. The maximum absolute atomic E-state index is 12.9. The summed E-state index contributed by atoms with van der Waals surface area (Å²) in [5.41, 5.74) is 3.56. The molecule has 0 aliphatic heterocycles. The first-order valence-electron chi connectivity index (χ1n) is 10.6. The Balaban J connectivity index is 1.41. The number of aromatic nitrogens is 3. The van der Waals surface area contributed by atoms with Gasteiger partial charge in [0.05, 0.1) is 17.7 Å². The van der Waals surface area contributed by atoms with Gasteiger partial charge >= 0.3 is 0 Å². The zero-order chi connectivity index (χ0) is 23.4. The normalized spacial score (nSPS) is 11.9. The Morgan fingerprint density at radius 1 is 1.15 bits per heavy atom. The van der Waals surface area contributed by atoms with Gasteiger partial charge in [0, 0.05) is 24.5 Å². The van der Waals surface area contributed by atoms with E-state index in [9.17, 15) is 4.79 Å². The lowest BCUT2D eigenvalue weighted by atomic mass is 10.1. The quantitative estimate of drug-likeness (QED) is 0.408. The second-order valence-electron chi connectivity index (χ2n) is 7.86. The lowest BCUT2D eigenvalue weighted by molar-refractivity contribution is -0.121. The third-order valence-electron chi connectivity index (χ3n) is 5.48. The first-order valence-corrected chi connectivity index (χ1v) is 10.9. The van der Waals surface area contributed by atoms with Crippen molar-refractivity contribution in [1.29, 1.82) is 0 Å². The van der Waals surface area contributed by atoms with Crippen LogP contribution in [0.1, 0.15) is 40.0 Å². The lowest BCUT2D eigenvalue weighted by Crippen LogP contribution is -2.32. The van der Waals surface area contributed by atoms with Crippen molar-refractivity contribution in [3.63, 3.8) is 0 Å². The summed E-state index contributed by atoms with van der Waals surface area (Å²) in [6.45, 7) is 4.13. The highest BCUT2D eigenvalue weighted by Crippen LogP contribution is 2.23. The molecule has 8 heteroatoms. The molecule has 4 aromatic rings. The summed E-state index contributed by atoms with van der Waals surface area (Å²) >= 11 is 6.04. The minimum Gasteiger partial charge on any atom is -0.489 e. The number of imidazole rings is 1. The van der Waals surface area contributed by atoms with Crippen LogP contribution >= 0.6 is 11.6 Å². The van der Waals surface area contributed by atoms with Crippen LogP contribution in [0.5, 0.6) is 5.75 Å². The zero-order valence-electron chi connectivity index (χ0n) is 18.7. The van der Waals surface area contributed by atoms with Gasteiger partial charge in [0.1, 0.15) is 30.0 Å². The SMILES string of the molecule is Cc1noc(C)c1COc1ccc(CC(=O)N[C@@H](c2ccc(Cl)cc2)c2nccn2C)cc1. The van der Waals surface area contributed by atoms with Crippen LogP contribution in [0.2, 0.25) is 5.02 Å². The van der Waals surface area contributed by atoms with E-state index in [4.69, 9.17) is 20.9 Å². The van der Waals surface area contributed by atoms with Gasteiger partial charge in [-0.25, -0.2) is 4.98 Å². The number of aryl methyl sites for hydroxylation is 3. The molecule has 0 radical (unpaired) electrons. The summed E-state index contributed by atoms with van der Waals surface area (Å²) in [7, 11) is 1.90. The highest BCUT2D eigenvalue weighted by Gasteiger charge is 2.21. The average Bonchev–Trinajstić information content (AvgIpc) is 3.37. The monoisotopic (exact) mass is 464 g/mol. The maximum Gasteiger partial charge on any atom is 0.225 e. The molecule has 0 saturated carbocycles. The Kier molecular flexibility index (Phi) is 6.79. The Morgan fingerprint density at radius 3 is 2.48 bits per heavy atom. The smallest absolute Gasteiger partial charge is 0.225 e. The Labute approximate surface area is 197 Å². The standard InChI is InChI=1S/C25H25ClN4O3/c1-16-22(17(2)33-29-16)15-32-21-10-4-18(5-11-21)14-23(31)28-24(25-27-12-13-30(25)3)19-6-8-20(26)9-7-19/h4-13,24H,14-15H2,1-3H3,(H,28,31)/t24-/m0/s1. The van der Waals surface area contributed by atoms with E-state index < -0.39 is 0 Å². The minimum atomic E-state index is -0.382. The molecule has 170 valence electrons. The van der Waals surface area contributed by atoms with Crippen molar-refractivity contribution in [3.8, 4) is 5.75 Å². The maximum atomic E-state index is 12.9. The number of amides is 1. The molecule has 1 atom stereocenters. The second-order valence-corrected chi connectivity index (χ2v) is 8.30. The zero-order valence-corrected chi connectivity index (χ0v) is 19.5. The van der Waals surface area contributed by atoms with E-state index in [1.54, 1.807) is 18.3 Å². The Hall–Kier alpha value is -3.58. The molecular formula is C25H25ClN4O3. The van der Waals surface area contributed by atoms with Gasteiger partial charge in [0.25, 0.3) is 0 Å². The summed E-state index contributed by atoms with van der Waals surface area (Å²) in [5, 5.41) is 7.68. The van der Waals surface area contributed by atoms with Crippen LogP contribution in [0.15, 0.2) is 65.4 Å². The number of benzene rings is 2. The van der Waals surface area contributed by atoms with Gasteiger partial charge in [0.2, 0.25) is 5.91 Å². The first kappa shape index (κ1) is 22.6. The summed E-state index contributed by atoms with van der Waals surface area (Å²) < 4.78 is 12.9. The number of halogens is 1. The molecule has 4 rings (SSSR count). The fourth-order valence-corrected chi connectivity index (χ4v) is 3.70. The molecule has 0 aliphatic carbocycles. The molecule has 0 bridgehead atoms. The third-order valence-corrected chi connectivity index (χ3v) is 5.73. The molecule has 1 amide bonds. The Morgan fingerprint density at radius 2 is 1.88 bits per heavy atom.